The third kappa shape index (κ3) is 5.12. The third-order valence-electron chi connectivity index (χ3n) is 1.77. The fourth-order valence-corrected chi connectivity index (χ4v) is 1.44. The number of ether oxygens (including phenoxy) is 2. The van der Waals surface area contributed by atoms with Crippen LogP contribution in [0.1, 0.15) is 0 Å². The van der Waals surface area contributed by atoms with Gasteiger partial charge in [-0.1, -0.05) is 11.9 Å². The minimum absolute atomic E-state index is 0. The van der Waals surface area contributed by atoms with Crippen molar-refractivity contribution in [3.63, 3.8) is 0 Å². The van der Waals surface area contributed by atoms with Gasteiger partial charge in [-0.05, 0) is 13.7 Å². The summed E-state index contributed by atoms with van der Waals surface area (Å²) < 4.78 is 19.9. The number of methoxy groups -OCH3 is 1. The molecule has 15 heavy (non-hydrogen) atoms. The molecule has 6 nitrogen and oxygen atoms in total. The van der Waals surface area contributed by atoms with E-state index in [1.165, 1.54) is 13.7 Å². The summed E-state index contributed by atoms with van der Waals surface area (Å²) in [6, 6.07) is 0. The minimum Gasteiger partial charge on any atom is -0.808 e. The van der Waals surface area contributed by atoms with Crippen LogP contribution in [0.5, 0.6) is 0 Å². The quantitative estimate of drug-likeness (QED) is 0.401. The molecular weight excluding hydrogens is 449 g/mol. The van der Waals surface area contributed by atoms with Crippen molar-refractivity contribution in [1.82, 2.24) is 0 Å². The van der Waals surface area contributed by atoms with Crippen molar-refractivity contribution in [3.05, 3.63) is 18.5 Å². The van der Waals surface area contributed by atoms with E-state index in [1.807, 2.05) is 0 Å². The van der Waals surface area contributed by atoms with E-state index in [4.69, 9.17) is 9.47 Å². The Labute approximate surface area is 111 Å². The van der Waals surface area contributed by atoms with Gasteiger partial charge in [0.05, 0.1) is 12.2 Å². The zero-order valence-corrected chi connectivity index (χ0v) is 13.0. The van der Waals surface area contributed by atoms with Crippen LogP contribution < -0.4 is 9.79 Å². The van der Waals surface area contributed by atoms with Crippen molar-refractivity contribution in [2.75, 3.05) is 7.11 Å². The normalized spacial score (nSPS) is 31.9. The molecule has 8 heteroatoms. The first kappa shape index (κ1) is 15.8. The van der Waals surface area contributed by atoms with Crippen LogP contribution >= 0.6 is 7.60 Å². The fourth-order valence-electron chi connectivity index (χ4n) is 1.06. The smallest absolute Gasteiger partial charge is 0.0811 e. The standard InChI is InChI=1S/C7H12O6P.U/c1-12-6-4-13-5(7(6)8)2-3-14(9,10)11;/h2-8H,1H3,(H2,9,10,11);/q-1;/p-2/b3-2-;/t5?,6-,7-;/m1./s1. The van der Waals surface area contributed by atoms with Crippen molar-refractivity contribution in [2.24, 2.45) is 0 Å². The van der Waals surface area contributed by atoms with Crippen LogP contribution in [0.2, 0.25) is 0 Å². The predicted octanol–water partition coefficient (Wildman–Crippen LogP) is -1.65. The Morgan fingerprint density at radius 1 is 1.60 bits per heavy atom. The summed E-state index contributed by atoms with van der Waals surface area (Å²) >= 11 is 0. The molecule has 1 unspecified atom stereocenters. The molecule has 1 saturated heterocycles. The van der Waals surface area contributed by atoms with Gasteiger partial charge >= 0.3 is 0 Å². The Balaban J connectivity index is 0.00000196. The molecule has 1 heterocycles. The van der Waals surface area contributed by atoms with Gasteiger partial charge in [-0.25, -0.2) is 0 Å². The van der Waals surface area contributed by atoms with E-state index in [0.717, 1.165) is 6.08 Å². The molecule has 0 spiro atoms. The molecule has 1 aliphatic heterocycles. The molecule has 0 aliphatic carbocycles. The molecule has 0 aromatic heterocycles. The van der Waals surface area contributed by atoms with E-state index in [9.17, 15) is 19.5 Å². The Morgan fingerprint density at radius 2 is 2.20 bits per heavy atom. The van der Waals surface area contributed by atoms with Gasteiger partial charge in [0.1, 0.15) is 0 Å². The number of hydrogen-bond donors (Lipinski definition) is 1. The molecule has 0 aromatic rings. The maximum absolute atomic E-state index is 10.3. The SMILES string of the molecule is CO[C@@H]1[CH-]OC(/C=C\P(=O)([O-])[O-])[C@H]1O.[U]. The van der Waals surface area contributed by atoms with Crippen molar-refractivity contribution in [3.8, 4) is 0 Å². The van der Waals surface area contributed by atoms with Gasteiger partial charge in [0.25, 0.3) is 0 Å². The molecule has 0 amide bonds. The van der Waals surface area contributed by atoms with E-state index >= 15 is 0 Å². The van der Waals surface area contributed by atoms with Crippen molar-refractivity contribution in [2.45, 2.75) is 18.3 Å². The second kappa shape index (κ2) is 6.53. The van der Waals surface area contributed by atoms with E-state index in [2.05, 4.69) is 0 Å². The van der Waals surface area contributed by atoms with Crippen molar-refractivity contribution >= 4 is 7.60 Å². The van der Waals surface area contributed by atoms with Crippen LogP contribution in [0.25, 0.3) is 0 Å². The first-order chi connectivity index (χ1) is 6.44. The Bertz CT molecular complexity index is 264. The number of aliphatic hydroxyl groups excluding tert-OH is 1. The van der Waals surface area contributed by atoms with Crippen LogP contribution in [0.15, 0.2) is 11.9 Å². The van der Waals surface area contributed by atoms with Gasteiger partial charge < -0.3 is 28.9 Å². The van der Waals surface area contributed by atoms with E-state index in [0.29, 0.717) is 5.82 Å². The first-order valence-corrected chi connectivity index (χ1v) is 5.46. The molecule has 0 radical (unpaired) electrons. The van der Waals surface area contributed by atoms with Crippen molar-refractivity contribution < 1.29 is 60.0 Å². The molecule has 0 saturated carbocycles. The molecule has 0 bridgehead atoms. The summed E-state index contributed by atoms with van der Waals surface area (Å²) in [5.41, 5.74) is 0. The summed E-state index contributed by atoms with van der Waals surface area (Å²) in [7, 11) is -3.32. The first-order valence-electron chi connectivity index (χ1n) is 3.85. The van der Waals surface area contributed by atoms with Crippen LogP contribution in [0.4, 0.5) is 0 Å². The maximum Gasteiger partial charge on any atom is 0.0811 e. The van der Waals surface area contributed by atoms with Gasteiger partial charge in [0.15, 0.2) is 0 Å². The summed E-state index contributed by atoms with van der Waals surface area (Å²) in [4.78, 5) is 20.5. The maximum atomic E-state index is 10.3. The Morgan fingerprint density at radius 3 is 2.60 bits per heavy atom. The third-order valence-corrected chi connectivity index (χ3v) is 2.31. The molecule has 1 N–H and O–H groups in total. The largest absolute Gasteiger partial charge is 0.808 e. The second-order valence-corrected chi connectivity index (χ2v) is 4.19. The summed E-state index contributed by atoms with van der Waals surface area (Å²) in [6.07, 6.45) is -1.46. The number of rotatable bonds is 3. The molecule has 1 rings (SSSR count). The van der Waals surface area contributed by atoms with E-state index in [-0.39, 0.29) is 31.1 Å². The van der Waals surface area contributed by atoms with Gasteiger partial charge in [-0.3, -0.25) is 0 Å². The monoisotopic (exact) mass is 459 g/mol. The zero-order chi connectivity index (χ0) is 10.8. The van der Waals surface area contributed by atoms with E-state index in [1.54, 1.807) is 0 Å². The molecule has 1 fully saturated rings. The van der Waals surface area contributed by atoms with Crippen molar-refractivity contribution in [1.29, 1.82) is 0 Å². The van der Waals surface area contributed by atoms with Crippen LogP contribution in [0.3, 0.4) is 0 Å². The second-order valence-electron chi connectivity index (χ2n) is 2.81. The number of hydrogen-bond acceptors (Lipinski definition) is 6. The van der Waals surface area contributed by atoms with Gasteiger partial charge in [0.2, 0.25) is 0 Å². The zero-order valence-electron chi connectivity index (χ0n) is 7.90. The summed E-state index contributed by atoms with van der Waals surface area (Å²) in [5, 5.41) is 9.42. The van der Waals surface area contributed by atoms with Gasteiger partial charge in [0, 0.05) is 38.2 Å². The van der Waals surface area contributed by atoms with Crippen LogP contribution in [-0.4, -0.2) is 30.5 Å². The Hall–Kier alpha value is 0.822. The average molecular weight is 459 g/mol. The average Bonchev–Trinajstić information content (AvgIpc) is 2.42. The Kier molecular flexibility index (Phi) is 6.89. The topological polar surface area (TPSA) is 102 Å². The molecular formula is C7H10O6PU-3. The van der Waals surface area contributed by atoms with Gasteiger partial charge in [-0.15, -0.1) is 0 Å². The van der Waals surface area contributed by atoms with Gasteiger partial charge in [-0.2, -0.15) is 6.61 Å². The predicted molar refractivity (Wildman–Crippen MR) is 42.7 cm³/mol. The molecule has 1 aliphatic rings. The van der Waals surface area contributed by atoms with Crippen LogP contribution in [-0.2, 0) is 14.0 Å². The minimum atomic E-state index is -4.70. The molecule has 3 atom stereocenters. The molecule has 0 aromatic carbocycles. The van der Waals surface area contributed by atoms with Crippen LogP contribution in [0, 0.1) is 37.7 Å². The fraction of sp³-hybridized carbons (Fsp3) is 0.571. The number of aliphatic hydroxyl groups is 1. The summed E-state index contributed by atoms with van der Waals surface area (Å²) in [6.45, 7) is 1.25. The molecule has 86 valence electrons. The summed E-state index contributed by atoms with van der Waals surface area (Å²) in [5.74, 6) is 0.479. The van der Waals surface area contributed by atoms with E-state index < -0.39 is 25.9 Å².